The maximum Gasteiger partial charge on any atom is 0.143 e. The fourth-order valence-electron chi connectivity index (χ4n) is 1.41. The van der Waals surface area contributed by atoms with Gasteiger partial charge < -0.3 is 5.32 Å². The summed E-state index contributed by atoms with van der Waals surface area (Å²) < 4.78 is 13.0. The molecule has 12 heavy (non-hydrogen) atoms. The Morgan fingerprint density at radius 3 is 3.08 bits per heavy atom. The average Bonchev–Trinajstić information content (AvgIpc) is 2.49. The highest BCUT2D eigenvalue weighted by Gasteiger charge is 2.13. The maximum atomic E-state index is 13.0. The first-order valence-electron chi connectivity index (χ1n) is 3.77. The van der Waals surface area contributed by atoms with Gasteiger partial charge in [-0.25, -0.2) is 4.39 Å². The minimum absolute atomic E-state index is 0.137. The van der Waals surface area contributed by atoms with Crippen molar-refractivity contribution < 1.29 is 4.39 Å². The minimum atomic E-state index is -0.439. The molecular formula is C9H7FN2. The first-order chi connectivity index (χ1) is 5.81. The van der Waals surface area contributed by atoms with Gasteiger partial charge in [0.2, 0.25) is 0 Å². The molecule has 1 aromatic carbocycles. The number of hydrogen-bond acceptors (Lipinski definition) is 2. The van der Waals surface area contributed by atoms with E-state index in [1.165, 1.54) is 6.07 Å². The largest absolute Gasteiger partial charge is 0.384 e. The van der Waals surface area contributed by atoms with Gasteiger partial charge in [-0.05, 0) is 24.1 Å². The van der Waals surface area contributed by atoms with E-state index in [0.29, 0.717) is 0 Å². The van der Waals surface area contributed by atoms with Crippen LogP contribution in [-0.4, -0.2) is 6.54 Å². The second-order valence-corrected chi connectivity index (χ2v) is 2.78. The zero-order valence-electron chi connectivity index (χ0n) is 6.39. The molecule has 1 N–H and O–H groups in total. The summed E-state index contributed by atoms with van der Waals surface area (Å²) in [6.07, 6.45) is 0.879. The number of nitrogens with one attached hydrogen (secondary N) is 1. The van der Waals surface area contributed by atoms with Crippen LogP contribution >= 0.6 is 0 Å². The van der Waals surface area contributed by atoms with Crippen LogP contribution in [-0.2, 0) is 6.42 Å². The summed E-state index contributed by atoms with van der Waals surface area (Å²) in [5, 5.41) is 11.6. The van der Waals surface area contributed by atoms with Gasteiger partial charge in [-0.1, -0.05) is 0 Å². The number of hydrogen-bond donors (Lipinski definition) is 1. The third-order valence-corrected chi connectivity index (χ3v) is 2.02. The predicted molar refractivity (Wildman–Crippen MR) is 43.3 cm³/mol. The number of fused-ring (bicyclic) bond motifs is 1. The molecule has 1 aliphatic heterocycles. The first-order valence-corrected chi connectivity index (χ1v) is 3.77. The molecule has 0 amide bonds. The summed E-state index contributed by atoms with van der Waals surface area (Å²) in [5.74, 6) is -0.439. The molecule has 0 spiro atoms. The Balaban J connectivity index is 2.59. The molecule has 1 heterocycles. The highest BCUT2D eigenvalue weighted by Crippen LogP contribution is 2.24. The monoisotopic (exact) mass is 162 g/mol. The number of halogens is 1. The van der Waals surface area contributed by atoms with E-state index in [9.17, 15) is 4.39 Å². The van der Waals surface area contributed by atoms with Gasteiger partial charge >= 0.3 is 0 Å². The van der Waals surface area contributed by atoms with Crippen molar-refractivity contribution in [3.05, 3.63) is 29.1 Å². The molecule has 0 bridgehead atoms. The lowest BCUT2D eigenvalue weighted by Crippen LogP contribution is -1.91. The lowest BCUT2D eigenvalue weighted by Gasteiger charge is -1.99. The molecule has 2 nitrogen and oxygen atoms in total. The molecule has 0 radical (unpaired) electrons. The van der Waals surface area contributed by atoms with E-state index in [-0.39, 0.29) is 5.56 Å². The van der Waals surface area contributed by atoms with Gasteiger partial charge in [0.15, 0.2) is 0 Å². The van der Waals surface area contributed by atoms with Crippen molar-refractivity contribution in [3.63, 3.8) is 0 Å². The Morgan fingerprint density at radius 1 is 1.50 bits per heavy atom. The van der Waals surface area contributed by atoms with Crippen molar-refractivity contribution in [2.24, 2.45) is 0 Å². The van der Waals surface area contributed by atoms with Crippen LogP contribution < -0.4 is 5.32 Å². The number of benzene rings is 1. The second kappa shape index (κ2) is 2.49. The van der Waals surface area contributed by atoms with Crippen LogP contribution in [0.4, 0.5) is 10.1 Å². The summed E-state index contributed by atoms with van der Waals surface area (Å²) in [5.41, 5.74) is 2.00. The van der Waals surface area contributed by atoms with Crippen molar-refractivity contribution in [2.45, 2.75) is 6.42 Å². The van der Waals surface area contributed by atoms with E-state index in [0.717, 1.165) is 24.2 Å². The molecule has 0 saturated heterocycles. The molecule has 0 saturated carbocycles. The van der Waals surface area contributed by atoms with Crippen LogP contribution in [0, 0.1) is 17.1 Å². The number of nitrogens with zero attached hydrogens (tertiary/aromatic N) is 1. The maximum absolute atomic E-state index is 13.0. The van der Waals surface area contributed by atoms with Crippen LogP contribution in [0.2, 0.25) is 0 Å². The minimum Gasteiger partial charge on any atom is -0.384 e. The number of anilines is 1. The van der Waals surface area contributed by atoms with Crippen molar-refractivity contribution in [2.75, 3.05) is 11.9 Å². The summed E-state index contributed by atoms with van der Waals surface area (Å²) in [6, 6.07) is 4.83. The second-order valence-electron chi connectivity index (χ2n) is 2.78. The molecular weight excluding hydrogens is 155 g/mol. The Kier molecular flexibility index (Phi) is 1.47. The summed E-state index contributed by atoms with van der Waals surface area (Å²) >= 11 is 0. The molecule has 1 aromatic rings. The Bertz CT molecular complexity index is 365. The molecule has 0 unspecified atom stereocenters. The molecule has 2 rings (SSSR count). The zero-order chi connectivity index (χ0) is 8.55. The fourth-order valence-corrected chi connectivity index (χ4v) is 1.41. The first kappa shape index (κ1) is 7.11. The molecule has 60 valence electrons. The van der Waals surface area contributed by atoms with Crippen molar-refractivity contribution in [3.8, 4) is 6.07 Å². The molecule has 3 heteroatoms. The van der Waals surface area contributed by atoms with E-state index in [1.54, 1.807) is 6.07 Å². The third kappa shape index (κ3) is 0.928. The zero-order valence-corrected chi connectivity index (χ0v) is 6.39. The molecule has 0 aromatic heterocycles. The summed E-state index contributed by atoms with van der Waals surface area (Å²) in [4.78, 5) is 0. The van der Waals surface area contributed by atoms with E-state index in [2.05, 4.69) is 5.32 Å². The van der Waals surface area contributed by atoms with Gasteiger partial charge in [0.05, 0.1) is 5.56 Å². The van der Waals surface area contributed by atoms with Gasteiger partial charge in [-0.3, -0.25) is 0 Å². The predicted octanol–water partition coefficient (Wildman–Crippen LogP) is 1.67. The Morgan fingerprint density at radius 2 is 2.33 bits per heavy atom. The lowest BCUT2D eigenvalue weighted by molar-refractivity contribution is 0.624. The molecule has 0 atom stereocenters. The quantitative estimate of drug-likeness (QED) is 0.629. The van der Waals surface area contributed by atoms with E-state index >= 15 is 0 Å². The molecule has 1 aliphatic rings. The van der Waals surface area contributed by atoms with Crippen molar-refractivity contribution >= 4 is 5.69 Å². The van der Waals surface area contributed by atoms with Crippen LogP contribution in [0.5, 0.6) is 0 Å². The fraction of sp³-hybridized carbons (Fsp3) is 0.222. The SMILES string of the molecule is N#Cc1cc2c(cc1F)NCC2. The molecule has 0 fully saturated rings. The van der Waals surface area contributed by atoms with Crippen LogP contribution in [0.15, 0.2) is 12.1 Å². The van der Waals surface area contributed by atoms with Gasteiger partial charge in [-0.2, -0.15) is 5.26 Å². The van der Waals surface area contributed by atoms with Crippen molar-refractivity contribution in [1.29, 1.82) is 5.26 Å². The Hall–Kier alpha value is -1.56. The average molecular weight is 162 g/mol. The van der Waals surface area contributed by atoms with Gasteiger partial charge in [0.1, 0.15) is 11.9 Å². The number of rotatable bonds is 0. The van der Waals surface area contributed by atoms with E-state index < -0.39 is 5.82 Å². The standard InChI is InChI=1S/C9H7FN2/c10-8-4-9-6(1-2-12-9)3-7(8)5-11/h3-4,12H,1-2H2. The lowest BCUT2D eigenvalue weighted by atomic mass is 10.1. The molecule has 0 aliphatic carbocycles. The topological polar surface area (TPSA) is 35.8 Å². The summed E-state index contributed by atoms with van der Waals surface area (Å²) in [7, 11) is 0. The van der Waals surface area contributed by atoms with Gasteiger partial charge in [0, 0.05) is 12.2 Å². The number of nitriles is 1. The van der Waals surface area contributed by atoms with Gasteiger partial charge in [0.25, 0.3) is 0 Å². The Labute approximate surface area is 69.6 Å². The van der Waals surface area contributed by atoms with Gasteiger partial charge in [-0.15, -0.1) is 0 Å². The van der Waals surface area contributed by atoms with Crippen molar-refractivity contribution in [1.82, 2.24) is 0 Å². The highest BCUT2D eigenvalue weighted by atomic mass is 19.1. The summed E-state index contributed by atoms with van der Waals surface area (Å²) in [6.45, 7) is 0.837. The third-order valence-electron chi connectivity index (χ3n) is 2.02. The van der Waals surface area contributed by atoms with Crippen LogP contribution in [0.1, 0.15) is 11.1 Å². The van der Waals surface area contributed by atoms with E-state index in [4.69, 9.17) is 5.26 Å². The van der Waals surface area contributed by atoms with Crippen LogP contribution in [0.25, 0.3) is 0 Å². The smallest absolute Gasteiger partial charge is 0.143 e. The van der Waals surface area contributed by atoms with E-state index in [1.807, 2.05) is 6.07 Å². The normalized spacial score (nSPS) is 13.3. The highest BCUT2D eigenvalue weighted by molar-refractivity contribution is 5.58. The van der Waals surface area contributed by atoms with Crippen LogP contribution in [0.3, 0.4) is 0 Å².